The molecule has 0 aromatic heterocycles. The highest BCUT2D eigenvalue weighted by molar-refractivity contribution is 9.10. The molecule has 0 radical (unpaired) electrons. The lowest BCUT2D eigenvalue weighted by Gasteiger charge is -2.21. The average molecular weight is 294 g/mol. The molecule has 1 fully saturated rings. The molecule has 1 aromatic carbocycles. The minimum Gasteiger partial charge on any atom is -0.370 e. The van der Waals surface area contributed by atoms with Crippen LogP contribution in [0.25, 0.3) is 0 Å². The molecule has 1 aliphatic rings. The zero-order valence-electron chi connectivity index (χ0n) is 9.86. The van der Waals surface area contributed by atoms with Crippen LogP contribution < -0.4 is 10.6 Å². The maximum atomic E-state index is 9.13. The number of hydrogen-bond donors (Lipinski definition) is 1. The molecule has 0 spiro atoms. The lowest BCUT2D eigenvalue weighted by Crippen LogP contribution is -2.29. The van der Waals surface area contributed by atoms with Crippen molar-refractivity contribution in [1.82, 2.24) is 0 Å². The summed E-state index contributed by atoms with van der Waals surface area (Å²) in [6.45, 7) is 3.99. The molecular weight excluding hydrogens is 278 g/mol. The number of benzene rings is 1. The summed E-state index contributed by atoms with van der Waals surface area (Å²) in [6, 6.07) is 8.25. The molecule has 17 heavy (non-hydrogen) atoms. The van der Waals surface area contributed by atoms with Gasteiger partial charge in [0.2, 0.25) is 0 Å². The predicted octanol–water partition coefficient (Wildman–Crippen LogP) is 2.49. The van der Waals surface area contributed by atoms with Gasteiger partial charge in [-0.25, -0.2) is 0 Å². The van der Waals surface area contributed by atoms with Crippen molar-refractivity contribution in [2.24, 2.45) is 11.7 Å². The van der Waals surface area contributed by atoms with Crippen molar-refractivity contribution in [2.45, 2.75) is 19.4 Å². The van der Waals surface area contributed by atoms with E-state index in [1.165, 1.54) is 0 Å². The van der Waals surface area contributed by atoms with Crippen LogP contribution in [-0.4, -0.2) is 19.1 Å². The Morgan fingerprint density at radius 2 is 2.35 bits per heavy atom. The second-order valence-corrected chi connectivity index (χ2v) is 5.54. The van der Waals surface area contributed by atoms with E-state index in [1.54, 1.807) is 0 Å². The van der Waals surface area contributed by atoms with E-state index in [1.807, 2.05) is 18.2 Å². The van der Waals surface area contributed by atoms with Crippen molar-refractivity contribution in [2.75, 3.05) is 18.0 Å². The maximum Gasteiger partial charge on any atom is 0.101 e. The highest BCUT2D eigenvalue weighted by Crippen LogP contribution is 2.30. The minimum absolute atomic E-state index is 0.220. The third-order valence-electron chi connectivity index (χ3n) is 3.39. The third kappa shape index (κ3) is 2.62. The van der Waals surface area contributed by atoms with Crippen LogP contribution in [0.5, 0.6) is 0 Å². The van der Waals surface area contributed by atoms with Gasteiger partial charge in [0.1, 0.15) is 6.07 Å². The molecule has 2 unspecified atom stereocenters. The molecule has 0 amide bonds. The molecule has 0 aliphatic carbocycles. The van der Waals surface area contributed by atoms with Gasteiger partial charge in [0, 0.05) is 23.6 Å². The largest absolute Gasteiger partial charge is 0.370 e. The van der Waals surface area contributed by atoms with E-state index in [0.29, 0.717) is 5.92 Å². The standard InChI is InChI=1S/C13H16BrN3/c1-9(16)11-4-5-17(8-11)13-6-12(14)3-2-10(13)7-15/h2-3,6,9,11H,4-5,8,16H2,1H3. The fourth-order valence-corrected chi connectivity index (χ4v) is 2.65. The predicted molar refractivity (Wildman–Crippen MR) is 72.8 cm³/mol. The fraction of sp³-hybridized carbons (Fsp3) is 0.462. The zero-order chi connectivity index (χ0) is 12.4. The van der Waals surface area contributed by atoms with Crippen molar-refractivity contribution in [1.29, 1.82) is 5.26 Å². The first-order valence-electron chi connectivity index (χ1n) is 5.82. The van der Waals surface area contributed by atoms with E-state index in [-0.39, 0.29) is 6.04 Å². The number of hydrogen-bond acceptors (Lipinski definition) is 3. The number of halogens is 1. The average Bonchev–Trinajstić information content (AvgIpc) is 2.78. The van der Waals surface area contributed by atoms with Crippen LogP contribution in [0.3, 0.4) is 0 Å². The number of nitrogens with zero attached hydrogens (tertiary/aromatic N) is 2. The fourth-order valence-electron chi connectivity index (χ4n) is 2.30. The molecule has 1 aromatic rings. The van der Waals surface area contributed by atoms with Gasteiger partial charge in [0.25, 0.3) is 0 Å². The van der Waals surface area contributed by atoms with Gasteiger partial charge in [0.15, 0.2) is 0 Å². The third-order valence-corrected chi connectivity index (χ3v) is 3.88. The van der Waals surface area contributed by atoms with E-state index < -0.39 is 0 Å². The van der Waals surface area contributed by atoms with Crippen molar-refractivity contribution < 1.29 is 0 Å². The molecule has 4 heteroatoms. The normalized spacial score (nSPS) is 21.3. The number of nitrogens with two attached hydrogens (primary N) is 1. The zero-order valence-corrected chi connectivity index (χ0v) is 11.4. The van der Waals surface area contributed by atoms with E-state index >= 15 is 0 Å². The van der Waals surface area contributed by atoms with E-state index in [9.17, 15) is 0 Å². The minimum atomic E-state index is 0.220. The van der Waals surface area contributed by atoms with Gasteiger partial charge >= 0.3 is 0 Å². The smallest absolute Gasteiger partial charge is 0.101 e. The van der Waals surface area contributed by atoms with Crippen molar-refractivity contribution in [3.05, 3.63) is 28.2 Å². The molecule has 2 rings (SSSR count). The van der Waals surface area contributed by atoms with E-state index in [0.717, 1.165) is 35.2 Å². The van der Waals surface area contributed by atoms with Crippen LogP contribution in [0.2, 0.25) is 0 Å². The first kappa shape index (κ1) is 12.4. The Hall–Kier alpha value is -1.05. The first-order valence-corrected chi connectivity index (χ1v) is 6.61. The van der Waals surface area contributed by atoms with Crippen LogP contribution in [0.15, 0.2) is 22.7 Å². The van der Waals surface area contributed by atoms with E-state index in [2.05, 4.69) is 33.8 Å². The summed E-state index contributed by atoms with van der Waals surface area (Å²) in [5.41, 5.74) is 7.69. The molecule has 2 atom stereocenters. The molecule has 3 nitrogen and oxygen atoms in total. The van der Waals surface area contributed by atoms with Gasteiger partial charge in [-0.05, 0) is 37.5 Å². The van der Waals surface area contributed by atoms with Gasteiger partial charge < -0.3 is 10.6 Å². The van der Waals surface area contributed by atoms with Crippen LogP contribution in [0.1, 0.15) is 18.9 Å². The van der Waals surface area contributed by atoms with Crippen molar-refractivity contribution in [3.63, 3.8) is 0 Å². The summed E-state index contributed by atoms with van der Waals surface area (Å²) in [4.78, 5) is 2.26. The van der Waals surface area contributed by atoms with Gasteiger partial charge in [-0.3, -0.25) is 0 Å². The number of anilines is 1. The van der Waals surface area contributed by atoms with Crippen LogP contribution in [0.4, 0.5) is 5.69 Å². The Bertz CT molecular complexity index is 450. The van der Waals surface area contributed by atoms with E-state index in [4.69, 9.17) is 11.0 Å². The molecule has 2 N–H and O–H groups in total. The van der Waals surface area contributed by atoms with Crippen LogP contribution >= 0.6 is 15.9 Å². The Morgan fingerprint density at radius 1 is 1.59 bits per heavy atom. The second kappa shape index (κ2) is 5.07. The molecular formula is C13H16BrN3. The molecule has 1 heterocycles. The Balaban J connectivity index is 2.24. The number of rotatable bonds is 2. The lowest BCUT2D eigenvalue weighted by molar-refractivity contribution is 0.488. The second-order valence-electron chi connectivity index (χ2n) is 4.63. The summed E-state index contributed by atoms with van der Waals surface area (Å²) in [5.74, 6) is 0.528. The highest BCUT2D eigenvalue weighted by Gasteiger charge is 2.26. The van der Waals surface area contributed by atoms with Crippen LogP contribution in [0, 0.1) is 17.2 Å². The topological polar surface area (TPSA) is 53.0 Å². The Morgan fingerprint density at radius 3 is 2.94 bits per heavy atom. The quantitative estimate of drug-likeness (QED) is 0.911. The van der Waals surface area contributed by atoms with Gasteiger partial charge in [0.05, 0.1) is 11.3 Å². The summed E-state index contributed by atoms with van der Waals surface area (Å²) in [6.07, 6.45) is 1.11. The van der Waals surface area contributed by atoms with Crippen LogP contribution in [-0.2, 0) is 0 Å². The summed E-state index contributed by atoms with van der Waals surface area (Å²) in [7, 11) is 0. The van der Waals surface area contributed by atoms with Gasteiger partial charge in [-0.2, -0.15) is 5.26 Å². The van der Waals surface area contributed by atoms with Crippen molar-refractivity contribution >= 4 is 21.6 Å². The first-order chi connectivity index (χ1) is 8.11. The van der Waals surface area contributed by atoms with Crippen molar-refractivity contribution in [3.8, 4) is 6.07 Å². The Kier molecular flexibility index (Phi) is 3.70. The summed E-state index contributed by atoms with van der Waals surface area (Å²) >= 11 is 3.46. The highest BCUT2D eigenvalue weighted by atomic mass is 79.9. The molecule has 0 saturated carbocycles. The summed E-state index contributed by atoms with van der Waals surface area (Å²) in [5, 5.41) is 9.13. The molecule has 90 valence electrons. The van der Waals surface area contributed by atoms with Gasteiger partial charge in [-0.1, -0.05) is 15.9 Å². The SMILES string of the molecule is CC(N)C1CCN(c2cc(Br)ccc2C#N)C1. The maximum absolute atomic E-state index is 9.13. The number of nitriles is 1. The summed E-state index contributed by atoms with van der Waals surface area (Å²) < 4.78 is 1.01. The molecule has 1 saturated heterocycles. The molecule has 0 bridgehead atoms. The monoisotopic (exact) mass is 293 g/mol. The lowest BCUT2D eigenvalue weighted by atomic mass is 10.0. The Labute approximate surface area is 110 Å². The van der Waals surface area contributed by atoms with Gasteiger partial charge in [-0.15, -0.1) is 0 Å². The molecule has 1 aliphatic heterocycles.